The molecule has 0 spiro atoms. The number of hydrogen-bond donors (Lipinski definition) is 1. The lowest BCUT2D eigenvalue weighted by Crippen LogP contribution is -2.42. The van der Waals surface area contributed by atoms with E-state index in [9.17, 15) is 4.79 Å². The number of piperidine rings is 1. The molecule has 1 amide bonds. The molecule has 0 radical (unpaired) electrons. The first-order valence-electron chi connectivity index (χ1n) is 7.37. The molecule has 1 fully saturated rings. The van der Waals surface area contributed by atoms with Crippen molar-refractivity contribution in [3.05, 3.63) is 29.8 Å². The highest BCUT2D eigenvalue weighted by molar-refractivity contribution is 5.86. The first kappa shape index (κ1) is 12.5. The van der Waals surface area contributed by atoms with E-state index in [1.54, 1.807) is 0 Å². The minimum atomic E-state index is 0.0581. The summed E-state index contributed by atoms with van der Waals surface area (Å²) in [5.74, 6) is 1.04. The molecule has 1 aromatic carbocycles. The number of para-hydroxylation sites is 1. The molecular formula is C16H22N2O. The summed E-state index contributed by atoms with van der Waals surface area (Å²) >= 11 is 0. The molecule has 2 unspecified atom stereocenters. The quantitative estimate of drug-likeness (QED) is 0.840. The van der Waals surface area contributed by atoms with Crippen molar-refractivity contribution in [2.45, 2.75) is 32.1 Å². The number of likely N-dealkylation sites (tertiary alicyclic amines) is 1. The minimum Gasteiger partial charge on any atom is -0.385 e. The van der Waals surface area contributed by atoms with Gasteiger partial charge in [0.2, 0.25) is 5.91 Å². The molecule has 0 aromatic heterocycles. The summed E-state index contributed by atoms with van der Waals surface area (Å²) in [4.78, 5) is 14.8. The van der Waals surface area contributed by atoms with Gasteiger partial charge in [-0.3, -0.25) is 4.79 Å². The van der Waals surface area contributed by atoms with Crippen LogP contribution in [0.3, 0.4) is 0 Å². The first-order valence-corrected chi connectivity index (χ1v) is 7.37. The van der Waals surface area contributed by atoms with Crippen molar-refractivity contribution < 1.29 is 4.79 Å². The lowest BCUT2D eigenvalue weighted by Gasteiger charge is -2.35. The fraction of sp³-hybridized carbons (Fsp3) is 0.562. The number of nitrogens with zero attached hydrogens (tertiary/aromatic N) is 1. The number of hydrogen-bond acceptors (Lipinski definition) is 2. The molecular weight excluding hydrogens is 236 g/mol. The summed E-state index contributed by atoms with van der Waals surface area (Å²) < 4.78 is 0. The average molecular weight is 258 g/mol. The van der Waals surface area contributed by atoms with Gasteiger partial charge >= 0.3 is 0 Å². The van der Waals surface area contributed by atoms with Gasteiger partial charge in [0.05, 0.1) is 5.92 Å². The van der Waals surface area contributed by atoms with E-state index in [1.165, 1.54) is 12.0 Å². The highest BCUT2D eigenvalue weighted by Gasteiger charge is 2.31. The smallest absolute Gasteiger partial charge is 0.230 e. The van der Waals surface area contributed by atoms with Gasteiger partial charge < -0.3 is 10.2 Å². The highest BCUT2D eigenvalue weighted by atomic mass is 16.2. The van der Waals surface area contributed by atoms with Crippen LogP contribution >= 0.6 is 0 Å². The van der Waals surface area contributed by atoms with Crippen LogP contribution in [-0.2, 0) is 4.79 Å². The van der Waals surface area contributed by atoms with E-state index in [2.05, 4.69) is 29.3 Å². The zero-order chi connectivity index (χ0) is 13.2. The predicted molar refractivity (Wildman–Crippen MR) is 77.3 cm³/mol. The normalized spacial score (nSPS) is 26.5. The second-order valence-corrected chi connectivity index (χ2v) is 5.89. The Bertz CT molecular complexity index is 472. The molecule has 3 nitrogen and oxygen atoms in total. The molecule has 1 aromatic rings. The standard InChI is InChI=1S/C16H22N2O/c1-12-5-4-10-18(11-12)16(19)14-8-9-17-15-7-3-2-6-13(14)15/h2-3,6-7,12,14,17H,4-5,8-11H2,1H3. The zero-order valence-corrected chi connectivity index (χ0v) is 11.6. The molecule has 102 valence electrons. The van der Waals surface area contributed by atoms with E-state index in [-0.39, 0.29) is 5.92 Å². The molecule has 3 heteroatoms. The largest absolute Gasteiger partial charge is 0.385 e. The van der Waals surface area contributed by atoms with Gasteiger partial charge in [0.25, 0.3) is 0 Å². The van der Waals surface area contributed by atoms with Crippen molar-refractivity contribution in [3.8, 4) is 0 Å². The Kier molecular flexibility index (Phi) is 3.45. The van der Waals surface area contributed by atoms with E-state index in [1.807, 2.05) is 12.1 Å². The molecule has 2 atom stereocenters. The maximum absolute atomic E-state index is 12.8. The fourth-order valence-corrected chi connectivity index (χ4v) is 3.33. The third kappa shape index (κ3) is 2.46. The predicted octanol–water partition coefficient (Wildman–Crippen LogP) is 2.84. The average Bonchev–Trinajstić information content (AvgIpc) is 2.46. The van der Waals surface area contributed by atoms with Crippen molar-refractivity contribution in [1.29, 1.82) is 0 Å². The number of rotatable bonds is 1. The summed E-state index contributed by atoms with van der Waals surface area (Å²) in [6, 6.07) is 8.23. The molecule has 2 heterocycles. The Hall–Kier alpha value is -1.51. The Morgan fingerprint density at radius 3 is 3.00 bits per heavy atom. The summed E-state index contributed by atoms with van der Waals surface area (Å²) in [7, 11) is 0. The summed E-state index contributed by atoms with van der Waals surface area (Å²) in [6.45, 7) is 5.02. The molecule has 2 aliphatic rings. The second-order valence-electron chi connectivity index (χ2n) is 5.89. The van der Waals surface area contributed by atoms with Crippen molar-refractivity contribution in [2.75, 3.05) is 25.0 Å². The van der Waals surface area contributed by atoms with Gasteiger partial charge in [-0.2, -0.15) is 0 Å². The molecule has 0 saturated carbocycles. The Morgan fingerprint density at radius 2 is 2.16 bits per heavy atom. The van der Waals surface area contributed by atoms with Crippen LogP contribution in [0.25, 0.3) is 0 Å². The SMILES string of the molecule is CC1CCCN(C(=O)C2CCNc3ccccc32)C1. The number of carbonyl (C=O) groups is 1. The van der Waals surface area contributed by atoms with Gasteiger partial charge in [-0.05, 0) is 36.8 Å². The van der Waals surface area contributed by atoms with Crippen molar-refractivity contribution in [3.63, 3.8) is 0 Å². The van der Waals surface area contributed by atoms with E-state index in [0.29, 0.717) is 11.8 Å². The van der Waals surface area contributed by atoms with Crippen LogP contribution in [0, 0.1) is 5.92 Å². The highest BCUT2D eigenvalue weighted by Crippen LogP contribution is 2.33. The number of anilines is 1. The molecule has 19 heavy (non-hydrogen) atoms. The first-order chi connectivity index (χ1) is 9.25. The number of fused-ring (bicyclic) bond motifs is 1. The van der Waals surface area contributed by atoms with Gasteiger partial charge in [0.15, 0.2) is 0 Å². The van der Waals surface area contributed by atoms with E-state index in [4.69, 9.17) is 0 Å². The van der Waals surface area contributed by atoms with E-state index < -0.39 is 0 Å². The van der Waals surface area contributed by atoms with Gasteiger partial charge in [-0.25, -0.2) is 0 Å². The monoisotopic (exact) mass is 258 g/mol. The summed E-state index contributed by atoms with van der Waals surface area (Å²) in [5.41, 5.74) is 2.31. The van der Waals surface area contributed by atoms with Crippen LogP contribution in [-0.4, -0.2) is 30.4 Å². The molecule has 3 rings (SSSR count). The molecule has 0 bridgehead atoms. The van der Waals surface area contributed by atoms with Crippen molar-refractivity contribution in [2.24, 2.45) is 5.92 Å². The zero-order valence-electron chi connectivity index (χ0n) is 11.6. The van der Waals surface area contributed by atoms with Gasteiger partial charge in [0, 0.05) is 25.3 Å². The Labute approximate surface area is 115 Å². The third-order valence-corrected chi connectivity index (χ3v) is 4.35. The summed E-state index contributed by atoms with van der Waals surface area (Å²) in [6.07, 6.45) is 3.33. The van der Waals surface area contributed by atoms with Gasteiger partial charge in [-0.15, -0.1) is 0 Å². The van der Waals surface area contributed by atoms with E-state index >= 15 is 0 Å². The van der Waals surface area contributed by atoms with Crippen molar-refractivity contribution in [1.82, 2.24) is 4.90 Å². The van der Waals surface area contributed by atoms with Crippen LogP contribution in [0.2, 0.25) is 0 Å². The number of nitrogens with one attached hydrogen (secondary N) is 1. The third-order valence-electron chi connectivity index (χ3n) is 4.35. The molecule has 1 saturated heterocycles. The van der Waals surface area contributed by atoms with E-state index in [0.717, 1.165) is 38.2 Å². The lowest BCUT2D eigenvalue weighted by molar-refractivity contribution is -0.134. The molecule has 2 aliphatic heterocycles. The second kappa shape index (κ2) is 5.24. The van der Waals surface area contributed by atoms with Crippen LogP contribution < -0.4 is 5.32 Å². The Morgan fingerprint density at radius 1 is 1.32 bits per heavy atom. The summed E-state index contributed by atoms with van der Waals surface area (Å²) in [5, 5.41) is 3.39. The lowest BCUT2D eigenvalue weighted by atomic mass is 9.88. The van der Waals surface area contributed by atoms with Gasteiger partial charge in [0.1, 0.15) is 0 Å². The van der Waals surface area contributed by atoms with Crippen molar-refractivity contribution >= 4 is 11.6 Å². The number of amides is 1. The van der Waals surface area contributed by atoms with Gasteiger partial charge in [-0.1, -0.05) is 25.1 Å². The molecule has 0 aliphatic carbocycles. The maximum Gasteiger partial charge on any atom is 0.230 e. The van der Waals surface area contributed by atoms with Crippen LogP contribution in [0.1, 0.15) is 37.7 Å². The number of carbonyl (C=O) groups excluding carboxylic acids is 1. The Balaban J connectivity index is 1.81. The van der Waals surface area contributed by atoms with Crippen LogP contribution in [0.4, 0.5) is 5.69 Å². The maximum atomic E-state index is 12.8. The minimum absolute atomic E-state index is 0.0581. The molecule has 1 N–H and O–H groups in total. The van der Waals surface area contributed by atoms with Crippen LogP contribution in [0.5, 0.6) is 0 Å². The number of benzene rings is 1. The fourth-order valence-electron chi connectivity index (χ4n) is 3.33. The topological polar surface area (TPSA) is 32.3 Å². The van der Waals surface area contributed by atoms with Crippen LogP contribution in [0.15, 0.2) is 24.3 Å².